The van der Waals surface area contributed by atoms with Gasteiger partial charge in [-0.3, -0.25) is 0 Å². The van der Waals surface area contributed by atoms with E-state index in [2.05, 4.69) is 39.8 Å². The van der Waals surface area contributed by atoms with Crippen molar-refractivity contribution in [2.75, 3.05) is 0 Å². The fourth-order valence-electron chi connectivity index (χ4n) is 6.90. The molecule has 0 saturated heterocycles. The van der Waals surface area contributed by atoms with Crippen LogP contribution in [-0.4, -0.2) is 21.9 Å². The van der Waals surface area contributed by atoms with E-state index in [1.165, 1.54) is 48.8 Å². The SMILES string of the molecule is CC1=C(/C(C)=C\C2=CCCC3(C)C2CCC3[C@H](C)CCCC(C)(C)O)CC(O)CC1. The smallest absolute Gasteiger partial charge is 0.0591 e. The number of aliphatic hydroxyl groups is 2. The molecular weight excluding hydrogens is 368 g/mol. The van der Waals surface area contributed by atoms with Crippen molar-refractivity contribution in [3.8, 4) is 0 Å². The molecule has 0 spiro atoms. The summed E-state index contributed by atoms with van der Waals surface area (Å²) in [5.41, 5.74) is 5.68. The quantitative estimate of drug-likeness (QED) is 0.465. The maximum absolute atomic E-state index is 10.2. The molecule has 30 heavy (non-hydrogen) atoms. The van der Waals surface area contributed by atoms with Crippen molar-refractivity contribution < 1.29 is 10.2 Å². The first-order valence-electron chi connectivity index (χ1n) is 12.5. The van der Waals surface area contributed by atoms with Gasteiger partial charge in [-0.05, 0) is 119 Å². The predicted molar refractivity (Wildman–Crippen MR) is 127 cm³/mol. The molecule has 0 aromatic heterocycles. The van der Waals surface area contributed by atoms with E-state index in [4.69, 9.17) is 0 Å². The molecule has 170 valence electrons. The second-order valence-electron chi connectivity index (χ2n) is 11.6. The number of fused-ring (bicyclic) bond motifs is 1. The van der Waals surface area contributed by atoms with Crippen LogP contribution in [0, 0.1) is 23.2 Å². The van der Waals surface area contributed by atoms with Crippen molar-refractivity contribution in [1.82, 2.24) is 0 Å². The summed E-state index contributed by atoms with van der Waals surface area (Å²) in [5, 5.41) is 20.2. The molecule has 2 heteroatoms. The number of hydrogen-bond donors (Lipinski definition) is 2. The van der Waals surface area contributed by atoms with E-state index in [-0.39, 0.29) is 6.10 Å². The van der Waals surface area contributed by atoms with Crippen LogP contribution in [0.3, 0.4) is 0 Å². The van der Waals surface area contributed by atoms with Gasteiger partial charge < -0.3 is 10.2 Å². The molecule has 0 aromatic rings. The van der Waals surface area contributed by atoms with E-state index in [0.29, 0.717) is 11.3 Å². The number of rotatable bonds is 7. The van der Waals surface area contributed by atoms with E-state index >= 15 is 0 Å². The van der Waals surface area contributed by atoms with Gasteiger partial charge >= 0.3 is 0 Å². The third-order valence-electron chi connectivity index (χ3n) is 8.68. The first kappa shape index (κ1) is 23.8. The summed E-state index contributed by atoms with van der Waals surface area (Å²) in [4.78, 5) is 0. The summed E-state index contributed by atoms with van der Waals surface area (Å²) >= 11 is 0. The van der Waals surface area contributed by atoms with E-state index in [1.807, 2.05) is 13.8 Å². The lowest BCUT2D eigenvalue weighted by atomic mass is 9.62. The average molecular weight is 415 g/mol. The van der Waals surface area contributed by atoms with Gasteiger partial charge in [-0.1, -0.05) is 44.4 Å². The van der Waals surface area contributed by atoms with Gasteiger partial charge in [0.15, 0.2) is 0 Å². The maximum atomic E-state index is 10.2. The van der Waals surface area contributed by atoms with Gasteiger partial charge in [0.2, 0.25) is 0 Å². The molecule has 0 radical (unpaired) electrons. The summed E-state index contributed by atoms with van der Waals surface area (Å²) in [7, 11) is 0. The van der Waals surface area contributed by atoms with Gasteiger partial charge in [-0.15, -0.1) is 0 Å². The zero-order chi connectivity index (χ0) is 22.1. The van der Waals surface area contributed by atoms with Gasteiger partial charge in [0, 0.05) is 0 Å². The normalized spacial score (nSPS) is 34.1. The first-order chi connectivity index (χ1) is 14.0. The molecule has 1 fully saturated rings. The van der Waals surface area contributed by atoms with E-state index in [0.717, 1.165) is 43.9 Å². The molecule has 0 amide bonds. The molecule has 5 atom stereocenters. The molecule has 2 nitrogen and oxygen atoms in total. The van der Waals surface area contributed by atoms with Crippen LogP contribution in [0.5, 0.6) is 0 Å². The molecule has 3 aliphatic rings. The van der Waals surface area contributed by atoms with Crippen molar-refractivity contribution >= 4 is 0 Å². The van der Waals surface area contributed by atoms with E-state index < -0.39 is 5.60 Å². The van der Waals surface area contributed by atoms with E-state index in [1.54, 1.807) is 5.57 Å². The number of hydrogen-bond acceptors (Lipinski definition) is 2. The van der Waals surface area contributed by atoms with Crippen LogP contribution in [0.1, 0.15) is 106 Å². The van der Waals surface area contributed by atoms with Crippen LogP contribution < -0.4 is 0 Å². The zero-order valence-electron chi connectivity index (χ0n) is 20.4. The topological polar surface area (TPSA) is 40.5 Å². The monoisotopic (exact) mass is 414 g/mol. The third kappa shape index (κ3) is 5.30. The van der Waals surface area contributed by atoms with Gasteiger partial charge in [0.25, 0.3) is 0 Å². The Morgan fingerprint density at radius 2 is 2.03 bits per heavy atom. The van der Waals surface area contributed by atoms with Crippen LogP contribution in [0.15, 0.2) is 34.4 Å². The first-order valence-corrected chi connectivity index (χ1v) is 12.5. The fourth-order valence-corrected chi connectivity index (χ4v) is 6.90. The van der Waals surface area contributed by atoms with Gasteiger partial charge in [0.05, 0.1) is 11.7 Å². The van der Waals surface area contributed by atoms with Crippen LogP contribution in [0.4, 0.5) is 0 Å². The van der Waals surface area contributed by atoms with Crippen LogP contribution in [-0.2, 0) is 0 Å². The van der Waals surface area contributed by atoms with Crippen molar-refractivity contribution in [3.63, 3.8) is 0 Å². The predicted octanol–water partition coefficient (Wildman–Crippen LogP) is 7.12. The summed E-state index contributed by atoms with van der Waals surface area (Å²) in [5.74, 6) is 2.20. The minimum Gasteiger partial charge on any atom is -0.393 e. The Kier molecular flexibility index (Phi) is 7.40. The summed E-state index contributed by atoms with van der Waals surface area (Å²) in [6.07, 6.45) is 16.0. The Bertz CT molecular complexity index is 705. The van der Waals surface area contributed by atoms with Crippen LogP contribution in [0.2, 0.25) is 0 Å². The van der Waals surface area contributed by atoms with E-state index in [9.17, 15) is 10.2 Å². The highest BCUT2D eigenvalue weighted by Crippen LogP contribution is 2.59. The van der Waals surface area contributed by atoms with Gasteiger partial charge in [-0.25, -0.2) is 0 Å². The highest BCUT2D eigenvalue weighted by Gasteiger charge is 2.49. The maximum Gasteiger partial charge on any atom is 0.0591 e. The Morgan fingerprint density at radius 1 is 1.30 bits per heavy atom. The fraction of sp³-hybridized carbons (Fsp3) is 0.786. The summed E-state index contributed by atoms with van der Waals surface area (Å²) in [6.45, 7) is 13.4. The summed E-state index contributed by atoms with van der Waals surface area (Å²) in [6, 6.07) is 0. The minimum absolute atomic E-state index is 0.168. The lowest BCUT2D eigenvalue weighted by Gasteiger charge is -2.43. The minimum atomic E-state index is -0.537. The Hall–Kier alpha value is -0.860. The van der Waals surface area contributed by atoms with Crippen molar-refractivity contribution in [2.45, 2.75) is 117 Å². The molecule has 0 bridgehead atoms. The number of allylic oxidation sites excluding steroid dienone is 5. The lowest BCUT2D eigenvalue weighted by Crippen LogP contribution is -2.35. The second kappa shape index (κ2) is 9.33. The third-order valence-corrected chi connectivity index (χ3v) is 8.68. The standard InChI is InChI=1S/C28H46O2/c1-19-11-12-23(29)18-24(19)21(3)17-22-10-8-16-28(6)25(13-14-26(22)28)20(2)9-7-15-27(4,5)30/h10,17,20,23,25-26,29-30H,7-9,11-16,18H2,1-6H3/b21-17-/t20-,23?,25?,26?,28?/m1/s1. The highest BCUT2D eigenvalue weighted by atomic mass is 16.3. The second-order valence-corrected chi connectivity index (χ2v) is 11.6. The Labute approximate surface area is 185 Å². The molecule has 0 aromatic carbocycles. The summed E-state index contributed by atoms with van der Waals surface area (Å²) < 4.78 is 0. The molecule has 0 heterocycles. The largest absolute Gasteiger partial charge is 0.393 e. The molecule has 1 saturated carbocycles. The molecule has 4 unspecified atom stereocenters. The molecule has 3 rings (SSSR count). The van der Waals surface area contributed by atoms with Gasteiger partial charge in [-0.2, -0.15) is 0 Å². The van der Waals surface area contributed by atoms with Crippen LogP contribution in [0.25, 0.3) is 0 Å². The van der Waals surface area contributed by atoms with Crippen molar-refractivity contribution in [3.05, 3.63) is 34.4 Å². The van der Waals surface area contributed by atoms with Crippen molar-refractivity contribution in [1.29, 1.82) is 0 Å². The molecule has 3 aliphatic carbocycles. The zero-order valence-corrected chi connectivity index (χ0v) is 20.4. The lowest BCUT2D eigenvalue weighted by molar-refractivity contribution is 0.0613. The van der Waals surface area contributed by atoms with Crippen LogP contribution >= 0.6 is 0 Å². The van der Waals surface area contributed by atoms with Crippen molar-refractivity contribution in [2.24, 2.45) is 23.2 Å². The number of aliphatic hydroxyl groups excluding tert-OH is 1. The molecule has 2 N–H and O–H groups in total. The molecule has 0 aliphatic heterocycles. The average Bonchev–Trinajstić information content (AvgIpc) is 3.00. The van der Waals surface area contributed by atoms with Gasteiger partial charge in [0.1, 0.15) is 0 Å². The highest BCUT2D eigenvalue weighted by molar-refractivity contribution is 5.42. The molecular formula is C28H46O2. The Balaban J connectivity index is 1.72. The Morgan fingerprint density at radius 3 is 2.73 bits per heavy atom.